The lowest BCUT2D eigenvalue weighted by Crippen LogP contribution is -2.34. The lowest BCUT2D eigenvalue weighted by molar-refractivity contribution is -0.385. The molecule has 1 aromatic carbocycles. The Morgan fingerprint density at radius 2 is 2.17 bits per heavy atom. The Labute approximate surface area is 133 Å². The van der Waals surface area contributed by atoms with Crippen LogP contribution in [0, 0.1) is 17.0 Å². The van der Waals surface area contributed by atoms with Crippen LogP contribution in [0.3, 0.4) is 0 Å². The molecule has 0 unspecified atom stereocenters. The number of carbonyl (C=O) groups excluding carboxylic acids is 1. The number of hydrogen-bond donors (Lipinski definition) is 2. The summed E-state index contributed by atoms with van der Waals surface area (Å²) < 4.78 is 5.10. The van der Waals surface area contributed by atoms with Gasteiger partial charge in [0.2, 0.25) is 0 Å². The number of nitrogens with one attached hydrogen (secondary N) is 1. The SMILES string of the molecule is Cc1ccc([N+](=O)[O-])c(C(=O)N[C@@H](C)C[C@@H](O)c2ccco2)c1. The number of nitro benzene ring substituents is 1. The van der Waals surface area contributed by atoms with Crippen LogP contribution in [0.15, 0.2) is 41.0 Å². The molecule has 1 amide bonds. The third-order valence-corrected chi connectivity index (χ3v) is 3.42. The molecular weight excluding hydrogens is 300 g/mol. The van der Waals surface area contributed by atoms with Gasteiger partial charge in [0, 0.05) is 18.5 Å². The van der Waals surface area contributed by atoms with Gasteiger partial charge in [0.05, 0.1) is 11.2 Å². The summed E-state index contributed by atoms with van der Waals surface area (Å²) in [6.07, 6.45) is 0.837. The molecule has 0 aliphatic carbocycles. The van der Waals surface area contributed by atoms with Crippen LogP contribution in [-0.2, 0) is 0 Å². The smallest absolute Gasteiger partial charge is 0.282 e. The maximum absolute atomic E-state index is 12.3. The largest absolute Gasteiger partial charge is 0.467 e. The van der Waals surface area contributed by atoms with Gasteiger partial charge in [-0.2, -0.15) is 0 Å². The Morgan fingerprint density at radius 1 is 1.43 bits per heavy atom. The van der Waals surface area contributed by atoms with Crippen LogP contribution in [0.2, 0.25) is 0 Å². The average molecular weight is 318 g/mol. The lowest BCUT2D eigenvalue weighted by atomic mass is 10.1. The molecule has 122 valence electrons. The van der Waals surface area contributed by atoms with Crippen LogP contribution >= 0.6 is 0 Å². The van der Waals surface area contributed by atoms with Gasteiger partial charge in [0.15, 0.2) is 0 Å². The molecule has 2 aromatic rings. The van der Waals surface area contributed by atoms with Crippen molar-refractivity contribution in [3.8, 4) is 0 Å². The van der Waals surface area contributed by atoms with Crippen molar-refractivity contribution in [3.05, 3.63) is 63.6 Å². The molecular formula is C16H18N2O5. The van der Waals surface area contributed by atoms with Crippen LogP contribution in [0.25, 0.3) is 0 Å². The highest BCUT2D eigenvalue weighted by atomic mass is 16.6. The molecule has 0 spiro atoms. The second-order valence-corrected chi connectivity index (χ2v) is 5.42. The molecule has 0 fully saturated rings. The summed E-state index contributed by atoms with van der Waals surface area (Å²) in [4.78, 5) is 22.7. The molecule has 2 N–H and O–H groups in total. The molecule has 0 radical (unpaired) electrons. The van der Waals surface area contributed by atoms with Crippen molar-refractivity contribution in [2.45, 2.75) is 32.4 Å². The van der Waals surface area contributed by atoms with Crippen LogP contribution in [0.1, 0.15) is 41.1 Å². The fraction of sp³-hybridized carbons (Fsp3) is 0.312. The number of hydrogen-bond acceptors (Lipinski definition) is 5. The van der Waals surface area contributed by atoms with E-state index in [1.54, 1.807) is 32.0 Å². The summed E-state index contributed by atoms with van der Waals surface area (Å²) in [5.41, 5.74) is 0.519. The Kier molecular flexibility index (Phi) is 5.13. The summed E-state index contributed by atoms with van der Waals surface area (Å²) >= 11 is 0. The molecule has 0 aliphatic heterocycles. The first-order valence-electron chi connectivity index (χ1n) is 7.16. The van der Waals surface area contributed by atoms with E-state index in [1.165, 1.54) is 18.4 Å². The van der Waals surface area contributed by atoms with Crippen molar-refractivity contribution >= 4 is 11.6 Å². The average Bonchev–Trinajstić information content (AvgIpc) is 3.00. The van der Waals surface area contributed by atoms with Gasteiger partial charge >= 0.3 is 0 Å². The highest BCUT2D eigenvalue weighted by Crippen LogP contribution is 2.21. The predicted octanol–water partition coefficient (Wildman–Crippen LogP) is 2.74. The number of rotatable bonds is 6. The summed E-state index contributed by atoms with van der Waals surface area (Å²) in [5, 5.41) is 23.7. The molecule has 0 bridgehead atoms. The maximum Gasteiger partial charge on any atom is 0.282 e. The van der Waals surface area contributed by atoms with Gasteiger partial charge in [-0.15, -0.1) is 0 Å². The molecule has 0 saturated carbocycles. The molecule has 0 aliphatic rings. The van der Waals surface area contributed by atoms with Crippen molar-refractivity contribution in [2.75, 3.05) is 0 Å². The Morgan fingerprint density at radius 3 is 2.78 bits per heavy atom. The number of carbonyl (C=O) groups is 1. The van der Waals surface area contributed by atoms with E-state index in [4.69, 9.17) is 4.42 Å². The fourth-order valence-corrected chi connectivity index (χ4v) is 2.28. The summed E-state index contributed by atoms with van der Waals surface area (Å²) in [7, 11) is 0. The van der Waals surface area contributed by atoms with Crippen LogP contribution in [0.4, 0.5) is 5.69 Å². The number of benzene rings is 1. The van der Waals surface area contributed by atoms with Crippen LogP contribution < -0.4 is 5.32 Å². The number of aliphatic hydroxyl groups is 1. The molecule has 7 heteroatoms. The summed E-state index contributed by atoms with van der Waals surface area (Å²) in [5.74, 6) is -0.132. The number of nitro groups is 1. The van der Waals surface area contributed by atoms with E-state index in [0.717, 1.165) is 5.56 Å². The normalized spacial score (nSPS) is 13.3. The topological polar surface area (TPSA) is 106 Å². The Hall–Kier alpha value is -2.67. The zero-order valence-electron chi connectivity index (χ0n) is 12.9. The van der Waals surface area contributed by atoms with E-state index >= 15 is 0 Å². The zero-order chi connectivity index (χ0) is 17.0. The molecule has 1 aromatic heterocycles. The first kappa shape index (κ1) is 16.7. The first-order valence-corrected chi connectivity index (χ1v) is 7.16. The number of amides is 1. The minimum absolute atomic E-state index is 0.00865. The number of aryl methyl sites for hydroxylation is 1. The second-order valence-electron chi connectivity index (χ2n) is 5.42. The summed E-state index contributed by atoms with van der Waals surface area (Å²) in [6, 6.07) is 7.29. The van der Waals surface area contributed by atoms with Gasteiger partial charge in [-0.3, -0.25) is 14.9 Å². The number of nitrogens with zero attached hydrogens (tertiary/aromatic N) is 1. The lowest BCUT2D eigenvalue weighted by Gasteiger charge is -2.17. The van der Waals surface area contributed by atoms with Gasteiger partial charge in [-0.25, -0.2) is 0 Å². The minimum atomic E-state index is -0.854. The second kappa shape index (κ2) is 7.06. The van der Waals surface area contributed by atoms with Gasteiger partial charge in [0.25, 0.3) is 11.6 Å². The number of aliphatic hydroxyl groups excluding tert-OH is 1. The van der Waals surface area contributed by atoms with E-state index in [1.807, 2.05) is 0 Å². The molecule has 7 nitrogen and oxygen atoms in total. The highest BCUT2D eigenvalue weighted by Gasteiger charge is 2.22. The summed E-state index contributed by atoms with van der Waals surface area (Å²) in [6.45, 7) is 3.47. The van der Waals surface area contributed by atoms with E-state index in [9.17, 15) is 20.0 Å². The molecule has 0 saturated heterocycles. The van der Waals surface area contributed by atoms with Gasteiger partial charge in [0.1, 0.15) is 17.4 Å². The third kappa shape index (κ3) is 4.17. The van der Waals surface area contributed by atoms with E-state index in [-0.39, 0.29) is 23.7 Å². The Bertz CT molecular complexity index is 697. The standard InChI is InChI=1S/C16H18N2O5/c1-10-5-6-13(18(21)22)12(8-10)16(20)17-11(2)9-14(19)15-4-3-7-23-15/h3-8,11,14,19H,9H2,1-2H3,(H,17,20)/t11-,14+/m0/s1. The van der Waals surface area contributed by atoms with Crippen molar-refractivity contribution in [2.24, 2.45) is 0 Å². The van der Waals surface area contributed by atoms with Gasteiger partial charge in [-0.1, -0.05) is 6.07 Å². The van der Waals surface area contributed by atoms with E-state index in [2.05, 4.69) is 5.32 Å². The molecule has 23 heavy (non-hydrogen) atoms. The predicted molar refractivity (Wildman–Crippen MR) is 83.0 cm³/mol. The van der Waals surface area contributed by atoms with Crippen molar-refractivity contribution in [1.29, 1.82) is 0 Å². The molecule has 2 rings (SSSR count). The maximum atomic E-state index is 12.3. The van der Waals surface area contributed by atoms with E-state index < -0.39 is 16.9 Å². The first-order chi connectivity index (χ1) is 10.9. The van der Waals surface area contributed by atoms with Crippen LogP contribution in [-0.4, -0.2) is 22.0 Å². The van der Waals surface area contributed by atoms with E-state index in [0.29, 0.717) is 5.76 Å². The fourth-order valence-electron chi connectivity index (χ4n) is 2.28. The monoisotopic (exact) mass is 318 g/mol. The quantitative estimate of drug-likeness (QED) is 0.629. The number of furan rings is 1. The minimum Gasteiger partial charge on any atom is -0.467 e. The van der Waals surface area contributed by atoms with Gasteiger partial charge in [-0.05, 0) is 37.6 Å². The Balaban J connectivity index is 2.07. The van der Waals surface area contributed by atoms with Gasteiger partial charge < -0.3 is 14.8 Å². The van der Waals surface area contributed by atoms with Crippen molar-refractivity contribution in [1.82, 2.24) is 5.32 Å². The van der Waals surface area contributed by atoms with Crippen molar-refractivity contribution in [3.63, 3.8) is 0 Å². The highest BCUT2D eigenvalue weighted by molar-refractivity contribution is 5.98. The third-order valence-electron chi connectivity index (χ3n) is 3.42. The van der Waals surface area contributed by atoms with Crippen molar-refractivity contribution < 1.29 is 19.2 Å². The molecule has 1 heterocycles. The molecule has 2 atom stereocenters. The zero-order valence-corrected chi connectivity index (χ0v) is 12.9. The van der Waals surface area contributed by atoms with Crippen LogP contribution in [0.5, 0.6) is 0 Å².